The van der Waals surface area contributed by atoms with Gasteiger partial charge in [0.25, 0.3) is 5.91 Å². The highest BCUT2D eigenvalue weighted by Gasteiger charge is 2.30. The van der Waals surface area contributed by atoms with Crippen LogP contribution in [0.15, 0.2) is 16.1 Å². The van der Waals surface area contributed by atoms with Crippen molar-refractivity contribution in [3.8, 4) is 0 Å². The quantitative estimate of drug-likeness (QED) is 0.453. The number of nitrogens with zero attached hydrogens (tertiary/aromatic N) is 6. The molecule has 1 aromatic heterocycles. The molecule has 0 bridgehead atoms. The number of aromatic nitrogens is 2. The number of aliphatic imine (C=N–C) groups is 1. The van der Waals surface area contributed by atoms with Gasteiger partial charge in [-0.3, -0.25) is 9.69 Å². The minimum Gasteiger partial charge on any atom is -0.358 e. The summed E-state index contributed by atoms with van der Waals surface area (Å²) in [6, 6.07) is 0.511. The highest BCUT2D eigenvalue weighted by molar-refractivity contribution is 8.18. The van der Waals surface area contributed by atoms with Gasteiger partial charge in [-0.2, -0.15) is 4.99 Å². The molecule has 1 fully saturated rings. The Kier molecular flexibility index (Phi) is 4.91. The molecule has 1 saturated heterocycles. The van der Waals surface area contributed by atoms with Crippen molar-refractivity contribution in [2.75, 3.05) is 26.2 Å². The van der Waals surface area contributed by atoms with Crippen molar-refractivity contribution in [3.63, 3.8) is 0 Å². The van der Waals surface area contributed by atoms with Gasteiger partial charge in [0.15, 0.2) is 5.17 Å². The van der Waals surface area contributed by atoms with Gasteiger partial charge in [0.2, 0.25) is 5.82 Å². The molecule has 0 atom stereocenters. The predicted molar refractivity (Wildman–Crippen MR) is 96.2 cm³/mol. The summed E-state index contributed by atoms with van der Waals surface area (Å²) < 4.78 is 1.35. The first kappa shape index (κ1) is 17.6. The molecular formula is C15H20N6O3S. The maximum atomic E-state index is 12.2. The fourth-order valence-corrected chi connectivity index (χ4v) is 3.73. The molecule has 1 amide bonds. The van der Waals surface area contributed by atoms with Gasteiger partial charge in [-0.05, 0) is 30.5 Å². The van der Waals surface area contributed by atoms with Crippen LogP contribution in [0.1, 0.15) is 19.7 Å². The van der Waals surface area contributed by atoms with Crippen molar-refractivity contribution in [3.05, 3.63) is 27.0 Å². The van der Waals surface area contributed by atoms with Crippen LogP contribution in [0, 0.1) is 10.1 Å². The summed E-state index contributed by atoms with van der Waals surface area (Å²) in [6.45, 7) is 7.89. The minimum atomic E-state index is -0.505. The average Bonchev–Trinajstić information content (AvgIpc) is 3.12. The standard InChI is InChI=1S/C15H20N6O3S/c1-10(2)19-4-6-20(7-5-19)15-17-14(22)11(25-15)8-12-16-9-13(18(12)3)21(23)24/h8-10H,4-7H2,1-3H3/b11-8-. The summed E-state index contributed by atoms with van der Waals surface area (Å²) in [7, 11) is 1.55. The number of nitro groups is 1. The van der Waals surface area contributed by atoms with Crippen molar-refractivity contribution in [1.29, 1.82) is 0 Å². The fraction of sp³-hybridized carbons (Fsp3) is 0.533. The number of carbonyl (C=O) groups is 1. The number of piperazine rings is 1. The van der Waals surface area contributed by atoms with E-state index in [9.17, 15) is 14.9 Å². The summed E-state index contributed by atoms with van der Waals surface area (Å²) >= 11 is 1.30. The summed E-state index contributed by atoms with van der Waals surface area (Å²) in [5, 5.41) is 11.6. The van der Waals surface area contributed by atoms with Gasteiger partial charge >= 0.3 is 5.82 Å². The largest absolute Gasteiger partial charge is 0.358 e. The van der Waals surface area contributed by atoms with Gasteiger partial charge in [-0.1, -0.05) is 0 Å². The smallest absolute Gasteiger partial charge is 0.342 e. The molecule has 0 spiro atoms. The number of imidazole rings is 1. The second-order valence-electron chi connectivity index (χ2n) is 6.22. The Balaban J connectivity index is 1.70. The Morgan fingerprint density at radius 2 is 2.00 bits per heavy atom. The fourth-order valence-electron chi connectivity index (χ4n) is 2.80. The number of hydrogen-bond donors (Lipinski definition) is 0. The molecule has 10 heteroatoms. The highest BCUT2D eigenvalue weighted by atomic mass is 32.2. The molecule has 25 heavy (non-hydrogen) atoms. The molecule has 9 nitrogen and oxygen atoms in total. The van der Waals surface area contributed by atoms with Crippen molar-refractivity contribution in [2.45, 2.75) is 19.9 Å². The van der Waals surface area contributed by atoms with Crippen LogP contribution in [-0.2, 0) is 11.8 Å². The highest BCUT2D eigenvalue weighted by Crippen LogP contribution is 2.31. The molecule has 2 aliphatic heterocycles. The van der Waals surface area contributed by atoms with Crippen LogP contribution in [0.5, 0.6) is 0 Å². The Labute approximate surface area is 149 Å². The lowest BCUT2D eigenvalue weighted by atomic mass is 10.2. The molecule has 1 aromatic rings. The van der Waals surface area contributed by atoms with Gasteiger partial charge in [0.05, 0.1) is 12.0 Å². The van der Waals surface area contributed by atoms with Crippen LogP contribution < -0.4 is 0 Å². The maximum absolute atomic E-state index is 12.2. The van der Waals surface area contributed by atoms with Crippen molar-refractivity contribution in [1.82, 2.24) is 19.4 Å². The Hall–Kier alpha value is -2.20. The third-order valence-corrected chi connectivity index (χ3v) is 5.42. The SMILES string of the molecule is CC(C)N1CCN(C2=NC(=O)/C(=C/c3ncc([N+](=O)[O-])n3C)S2)CC1. The molecule has 134 valence electrons. The Morgan fingerprint density at radius 3 is 2.56 bits per heavy atom. The molecule has 0 aromatic carbocycles. The van der Waals surface area contributed by atoms with E-state index in [0.717, 1.165) is 26.2 Å². The first-order valence-electron chi connectivity index (χ1n) is 8.04. The second-order valence-corrected chi connectivity index (χ2v) is 7.23. The van der Waals surface area contributed by atoms with E-state index in [4.69, 9.17) is 0 Å². The average molecular weight is 364 g/mol. The lowest BCUT2D eigenvalue weighted by Gasteiger charge is -2.37. The van der Waals surface area contributed by atoms with Gasteiger partial charge < -0.3 is 15.0 Å². The van der Waals surface area contributed by atoms with Gasteiger partial charge in [-0.15, -0.1) is 0 Å². The molecule has 0 saturated carbocycles. The van der Waals surface area contributed by atoms with Crippen molar-refractivity contribution >= 4 is 34.7 Å². The third kappa shape index (κ3) is 3.59. The molecular weight excluding hydrogens is 344 g/mol. The zero-order valence-electron chi connectivity index (χ0n) is 14.4. The first-order valence-corrected chi connectivity index (χ1v) is 8.86. The minimum absolute atomic E-state index is 0.117. The molecule has 3 heterocycles. The lowest BCUT2D eigenvalue weighted by Crippen LogP contribution is -2.49. The lowest BCUT2D eigenvalue weighted by molar-refractivity contribution is -0.391. The molecule has 0 aliphatic carbocycles. The molecule has 2 aliphatic rings. The van der Waals surface area contributed by atoms with Crippen molar-refractivity contribution in [2.24, 2.45) is 12.0 Å². The van der Waals surface area contributed by atoms with Crippen LogP contribution in [0.2, 0.25) is 0 Å². The monoisotopic (exact) mass is 364 g/mol. The normalized spacial score (nSPS) is 20.6. The maximum Gasteiger partial charge on any atom is 0.342 e. The van der Waals surface area contributed by atoms with E-state index in [0.29, 0.717) is 21.9 Å². The van der Waals surface area contributed by atoms with Crippen LogP contribution in [0.3, 0.4) is 0 Å². The van der Waals surface area contributed by atoms with Gasteiger partial charge in [0, 0.05) is 38.3 Å². The Bertz CT molecular complexity index is 761. The number of carbonyl (C=O) groups excluding carboxylic acids is 1. The van der Waals surface area contributed by atoms with Crippen LogP contribution in [0.25, 0.3) is 6.08 Å². The van der Waals surface area contributed by atoms with E-state index >= 15 is 0 Å². The third-order valence-electron chi connectivity index (χ3n) is 4.37. The Morgan fingerprint density at radius 1 is 1.32 bits per heavy atom. The van der Waals surface area contributed by atoms with Gasteiger partial charge in [-0.25, -0.2) is 9.55 Å². The molecule has 0 unspecified atom stereocenters. The number of amides is 1. The number of rotatable bonds is 3. The summed E-state index contributed by atoms with van der Waals surface area (Å²) in [6.07, 6.45) is 2.74. The number of thioether (sulfide) groups is 1. The van der Waals surface area contributed by atoms with E-state index in [1.165, 1.54) is 22.5 Å². The van der Waals surface area contributed by atoms with E-state index in [1.807, 2.05) is 0 Å². The zero-order chi connectivity index (χ0) is 18.1. The summed E-state index contributed by atoms with van der Waals surface area (Å²) in [4.78, 5) is 35.6. The van der Waals surface area contributed by atoms with Crippen LogP contribution >= 0.6 is 11.8 Å². The first-order chi connectivity index (χ1) is 11.9. The second kappa shape index (κ2) is 6.96. The zero-order valence-corrected chi connectivity index (χ0v) is 15.2. The van der Waals surface area contributed by atoms with Crippen LogP contribution in [-0.4, -0.2) is 67.6 Å². The van der Waals surface area contributed by atoms with E-state index < -0.39 is 4.92 Å². The molecule has 3 rings (SSSR count). The van der Waals surface area contributed by atoms with Crippen molar-refractivity contribution < 1.29 is 9.72 Å². The van der Waals surface area contributed by atoms with E-state index in [-0.39, 0.29) is 11.7 Å². The molecule has 0 radical (unpaired) electrons. The summed E-state index contributed by atoms with van der Waals surface area (Å²) in [5.74, 6) is -0.0752. The molecule has 0 N–H and O–H groups in total. The summed E-state index contributed by atoms with van der Waals surface area (Å²) in [5.41, 5.74) is 0. The van der Waals surface area contributed by atoms with Gasteiger partial charge in [0.1, 0.15) is 6.20 Å². The topological polar surface area (TPSA) is 96.9 Å². The van der Waals surface area contributed by atoms with Crippen LogP contribution in [0.4, 0.5) is 5.82 Å². The van der Waals surface area contributed by atoms with E-state index in [2.05, 4.69) is 33.6 Å². The number of hydrogen-bond acceptors (Lipinski definition) is 7. The number of amidine groups is 1. The predicted octanol–water partition coefficient (Wildman–Crippen LogP) is 1.32. The van der Waals surface area contributed by atoms with E-state index in [1.54, 1.807) is 13.1 Å².